The summed E-state index contributed by atoms with van der Waals surface area (Å²) < 4.78 is 17.6. The molecule has 0 bridgehead atoms. The molecule has 0 heterocycles. The summed E-state index contributed by atoms with van der Waals surface area (Å²) in [6, 6.07) is 6.12. The zero-order valence-electron chi connectivity index (χ0n) is 8.44. The minimum atomic E-state index is -0.992. The predicted octanol–water partition coefficient (Wildman–Crippen LogP) is 1.86. The number of methoxy groups -OCH3 is 1. The molecule has 82 valence electrons. The van der Waals surface area contributed by atoms with Crippen LogP contribution in [0.15, 0.2) is 24.3 Å². The third-order valence-electron chi connectivity index (χ3n) is 2.14. The van der Waals surface area contributed by atoms with Gasteiger partial charge in [-0.05, 0) is 30.5 Å². The largest absolute Gasteiger partial charge is 0.479 e. The smallest absolute Gasteiger partial charge is 0.332 e. The molecule has 1 rings (SSSR count). The summed E-state index contributed by atoms with van der Waals surface area (Å²) in [5, 5.41) is 8.71. The number of hydrogen-bond acceptors (Lipinski definition) is 2. The van der Waals surface area contributed by atoms with Gasteiger partial charge in [0, 0.05) is 7.11 Å². The molecular weight excluding hydrogens is 199 g/mol. The Bertz CT molecular complexity index is 338. The SMILES string of the molecule is COC(CCc1cccc(F)c1)C(=O)O. The van der Waals surface area contributed by atoms with Gasteiger partial charge in [-0.3, -0.25) is 0 Å². The molecule has 1 unspecified atom stereocenters. The van der Waals surface area contributed by atoms with Crippen molar-refractivity contribution in [3.8, 4) is 0 Å². The molecule has 1 aromatic carbocycles. The van der Waals surface area contributed by atoms with E-state index in [4.69, 9.17) is 9.84 Å². The van der Waals surface area contributed by atoms with Crippen molar-refractivity contribution in [1.82, 2.24) is 0 Å². The van der Waals surface area contributed by atoms with Crippen LogP contribution in [0.4, 0.5) is 4.39 Å². The van der Waals surface area contributed by atoms with E-state index in [-0.39, 0.29) is 5.82 Å². The summed E-state index contributed by atoms with van der Waals surface area (Å²) in [7, 11) is 1.35. The molecule has 1 aromatic rings. The predicted molar refractivity (Wildman–Crippen MR) is 53.2 cm³/mol. The molecule has 1 atom stereocenters. The Morgan fingerprint density at radius 3 is 2.87 bits per heavy atom. The van der Waals surface area contributed by atoms with Gasteiger partial charge in [0.2, 0.25) is 0 Å². The first-order valence-corrected chi connectivity index (χ1v) is 4.63. The van der Waals surface area contributed by atoms with Gasteiger partial charge in [-0.15, -0.1) is 0 Å². The fraction of sp³-hybridized carbons (Fsp3) is 0.364. The summed E-state index contributed by atoms with van der Waals surface area (Å²) in [6.45, 7) is 0. The molecule has 0 aliphatic carbocycles. The van der Waals surface area contributed by atoms with Crippen molar-refractivity contribution >= 4 is 5.97 Å². The highest BCUT2D eigenvalue weighted by atomic mass is 19.1. The number of rotatable bonds is 5. The van der Waals surface area contributed by atoms with Crippen LogP contribution >= 0.6 is 0 Å². The van der Waals surface area contributed by atoms with E-state index in [2.05, 4.69) is 0 Å². The number of halogens is 1. The molecule has 0 spiro atoms. The van der Waals surface area contributed by atoms with Crippen molar-refractivity contribution < 1.29 is 19.0 Å². The Morgan fingerprint density at radius 1 is 1.60 bits per heavy atom. The highest BCUT2D eigenvalue weighted by Crippen LogP contribution is 2.09. The third kappa shape index (κ3) is 3.67. The Kier molecular flexibility index (Phi) is 4.24. The first kappa shape index (κ1) is 11.7. The van der Waals surface area contributed by atoms with Crippen LogP contribution in [0.3, 0.4) is 0 Å². The van der Waals surface area contributed by atoms with Crippen molar-refractivity contribution in [2.45, 2.75) is 18.9 Å². The normalized spacial score (nSPS) is 12.4. The minimum absolute atomic E-state index is 0.309. The van der Waals surface area contributed by atoms with E-state index in [1.807, 2.05) is 0 Å². The Labute approximate surface area is 87.5 Å². The van der Waals surface area contributed by atoms with Gasteiger partial charge in [0.25, 0.3) is 0 Å². The zero-order chi connectivity index (χ0) is 11.3. The van der Waals surface area contributed by atoms with E-state index in [0.717, 1.165) is 5.56 Å². The van der Waals surface area contributed by atoms with Gasteiger partial charge in [-0.1, -0.05) is 12.1 Å². The number of carboxylic acid groups (broad SMARTS) is 1. The van der Waals surface area contributed by atoms with E-state index in [1.165, 1.54) is 19.2 Å². The van der Waals surface area contributed by atoms with E-state index < -0.39 is 12.1 Å². The molecule has 0 fully saturated rings. The summed E-state index contributed by atoms with van der Waals surface area (Å²) in [6.07, 6.45) is 0.00553. The molecule has 0 aliphatic heterocycles. The first-order valence-electron chi connectivity index (χ1n) is 4.63. The quantitative estimate of drug-likeness (QED) is 0.810. The van der Waals surface area contributed by atoms with Crippen LogP contribution in [0.5, 0.6) is 0 Å². The van der Waals surface area contributed by atoms with Crippen LogP contribution in [-0.4, -0.2) is 24.3 Å². The number of aryl methyl sites for hydroxylation is 1. The van der Waals surface area contributed by atoms with Gasteiger partial charge in [0.05, 0.1) is 0 Å². The van der Waals surface area contributed by atoms with Crippen LogP contribution < -0.4 is 0 Å². The summed E-state index contributed by atoms with van der Waals surface area (Å²) in [5.74, 6) is -1.30. The van der Waals surface area contributed by atoms with Crippen molar-refractivity contribution in [2.24, 2.45) is 0 Å². The van der Waals surface area contributed by atoms with Crippen LogP contribution in [0.1, 0.15) is 12.0 Å². The molecule has 1 N–H and O–H groups in total. The Balaban J connectivity index is 2.52. The molecule has 4 heteroatoms. The highest BCUT2D eigenvalue weighted by molar-refractivity contribution is 5.72. The minimum Gasteiger partial charge on any atom is -0.479 e. The topological polar surface area (TPSA) is 46.5 Å². The lowest BCUT2D eigenvalue weighted by atomic mass is 10.1. The lowest BCUT2D eigenvalue weighted by Gasteiger charge is -2.09. The molecule has 0 amide bonds. The molecule has 0 saturated carbocycles. The molecule has 0 saturated heterocycles. The lowest BCUT2D eigenvalue weighted by Crippen LogP contribution is -2.22. The molecule has 3 nitrogen and oxygen atoms in total. The Morgan fingerprint density at radius 2 is 2.33 bits per heavy atom. The van der Waals surface area contributed by atoms with Crippen molar-refractivity contribution in [3.05, 3.63) is 35.6 Å². The molecular formula is C11H13FO3. The van der Waals surface area contributed by atoms with Gasteiger partial charge in [0.1, 0.15) is 5.82 Å². The fourth-order valence-electron chi connectivity index (χ4n) is 1.33. The first-order chi connectivity index (χ1) is 7.13. The van der Waals surface area contributed by atoms with Gasteiger partial charge < -0.3 is 9.84 Å². The number of ether oxygens (including phenoxy) is 1. The molecule has 15 heavy (non-hydrogen) atoms. The van der Waals surface area contributed by atoms with E-state index in [1.54, 1.807) is 12.1 Å². The van der Waals surface area contributed by atoms with Crippen molar-refractivity contribution in [1.29, 1.82) is 0 Å². The maximum atomic E-state index is 12.8. The number of hydrogen-bond donors (Lipinski definition) is 1. The second-order valence-corrected chi connectivity index (χ2v) is 3.23. The van der Waals surface area contributed by atoms with Crippen molar-refractivity contribution in [2.75, 3.05) is 7.11 Å². The summed E-state index contributed by atoms with van der Waals surface area (Å²) >= 11 is 0. The molecule has 0 aromatic heterocycles. The standard InChI is InChI=1S/C11H13FO3/c1-15-10(11(13)14)6-5-8-3-2-4-9(12)7-8/h2-4,7,10H,5-6H2,1H3,(H,13,14). The lowest BCUT2D eigenvalue weighted by molar-refractivity contribution is -0.148. The maximum Gasteiger partial charge on any atom is 0.332 e. The van der Waals surface area contributed by atoms with Gasteiger partial charge >= 0.3 is 5.97 Å². The van der Waals surface area contributed by atoms with Crippen LogP contribution in [0.2, 0.25) is 0 Å². The number of aliphatic carboxylic acids is 1. The van der Waals surface area contributed by atoms with E-state index >= 15 is 0 Å². The fourth-order valence-corrected chi connectivity index (χ4v) is 1.33. The summed E-state index contributed by atoms with van der Waals surface area (Å²) in [5.41, 5.74) is 0.776. The number of carbonyl (C=O) groups is 1. The second kappa shape index (κ2) is 5.46. The highest BCUT2D eigenvalue weighted by Gasteiger charge is 2.15. The number of carboxylic acids is 1. The van der Waals surface area contributed by atoms with Crippen LogP contribution in [0, 0.1) is 5.82 Å². The maximum absolute atomic E-state index is 12.8. The van der Waals surface area contributed by atoms with Crippen LogP contribution in [-0.2, 0) is 16.0 Å². The monoisotopic (exact) mass is 212 g/mol. The van der Waals surface area contributed by atoms with Gasteiger partial charge in [-0.2, -0.15) is 0 Å². The molecule has 0 aliphatic rings. The Hall–Kier alpha value is -1.42. The average molecular weight is 212 g/mol. The van der Waals surface area contributed by atoms with Gasteiger partial charge in [-0.25, -0.2) is 9.18 Å². The van der Waals surface area contributed by atoms with Gasteiger partial charge in [0.15, 0.2) is 6.10 Å². The zero-order valence-corrected chi connectivity index (χ0v) is 8.44. The van der Waals surface area contributed by atoms with Crippen LogP contribution in [0.25, 0.3) is 0 Å². The second-order valence-electron chi connectivity index (χ2n) is 3.23. The third-order valence-corrected chi connectivity index (χ3v) is 2.14. The number of benzene rings is 1. The van der Waals surface area contributed by atoms with E-state index in [9.17, 15) is 9.18 Å². The summed E-state index contributed by atoms with van der Waals surface area (Å²) in [4.78, 5) is 10.6. The van der Waals surface area contributed by atoms with Crippen molar-refractivity contribution in [3.63, 3.8) is 0 Å². The average Bonchev–Trinajstić information content (AvgIpc) is 2.18. The van der Waals surface area contributed by atoms with E-state index in [0.29, 0.717) is 12.8 Å². The molecule has 0 radical (unpaired) electrons.